The molecule has 3 nitrogen and oxygen atoms in total. The summed E-state index contributed by atoms with van der Waals surface area (Å²) in [7, 11) is 0. The average Bonchev–Trinajstić information content (AvgIpc) is 2.83. The zero-order valence-corrected chi connectivity index (χ0v) is 11.4. The van der Waals surface area contributed by atoms with Gasteiger partial charge in [0.2, 0.25) is 0 Å². The lowest BCUT2D eigenvalue weighted by molar-refractivity contribution is 0.520. The van der Waals surface area contributed by atoms with Crippen molar-refractivity contribution in [1.29, 1.82) is 5.26 Å². The summed E-state index contributed by atoms with van der Waals surface area (Å²) in [6.07, 6.45) is 0. The number of nitrogens with two attached hydrogens (primary N) is 1. The molecule has 0 saturated heterocycles. The fourth-order valence-electron chi connectivity index (χ4n) is 2.46. The zero-order chi connectivity index (χ0) is 15.0. The van der Waals surface area contributed by atoms with Gasteiger partial charge in [-0.3, -0.25) is 0 Å². The monoisotopic (exact) mass is 280 g/mol. The highest BCUT2D eigenvalue weighted by molar-refractivity contribution is 5.82. The third-order valence-electron chi connectivity index (χ3n) is 3.59. The highest BCUT2D eigenvalue weighted by atomic mass is 19.1. The SMILES string of the molecule is Cc1c(C(N)c2cccc(C#N)c2)oc2ccc(F)cc12. The predicted molar refractivity (Wildman–Crippen MR) is 78.1 cm³/mol. The minimum absolute atomic E-state index is 0.307. The number of fused-ring (bicyclic) bond motifs is 1. The zero-order valence-electron chi connectivity index (χ0n) is 11.4. The Hall–Kier alpha value is -2.64. The van der Waals surface area contributed by atoms with Crippen LogP contribution in [0, 0.1) is 24.1 Å². The molecule has 1 unspecified atom stereocenters. The van der Waals surface area contributed by atoms with E-state index in [0.717, 1.165) is 16.5 Å². The number of furan rings is 1. The standard InChI is InChI=1S/C17H13FN2O/c1-10-14-8-13(18)5-6-15(14)21-17(10)16(20)12-4-2-3-11(7-12)9-19/h2-8,16H,20H2,1H3. The van der Waals surface area contributed by atoms with Crippen molar-refractivity contribution in [2.45, 2.75) is 13.0 Å². The van der Waals surface area contributed by atoms with Gasteiger partial charge in [0.1, 0.15) is 17.2 Å². The molecule has 104 valence electrons. The summed E-state index contributed by atoms with van der Waals surface area (Å²) in [6.45, 7) is 1.86. The van der Waals surface area contributed by atoms with E-state index in [4.69, 9.17) is 15.4 Å². The van der Waals surface area contributed by atoms with Gasteiger partial charge in [-0.15, -0.1) is 0 Å². The number of hydrogen-bond acceptors (Lipinski definition) is 3. The molecule has 0 fully saturated rings. The van der Waals surface area contributed by atoms with Crippen LogP contribution in [0.2, 0.25) is 0 Å². The molecule has 0 radical (unpaired) electrons. The Kier molecular flexibility index (Phi) is 3.20. The van der Waals surface area contributed by atoms with Gasteiger partial charge in [0.15, 0.2) is 0 Å². The van der Waals surface area contributed by atoms with E-state index in [1.165, 1.54) is 12.1 Å². The minimum atomic E-state index is -0.492. The first-order valence-electron chi connectivity index (χ1n) is 6.54. The van der Waals surface area contributed by atoms with Gasteiger partial charge in [-0.05, 0) is 42.8 Å². The van der Waals surface area contributed by atoms with Crippen molar-refractivity contribution in [2.75, 3.05) is 0 Å². The molecule has 1 heterocycles. The molecule has 1 atom stereocenters. The van der Waals surface area contributed by atoms with E-state index >= 15 is 0 Å². The molecule has 0 aliphatic rings. The van der Waals surface area contributed by atoms with Crippen molar-refractivity contribution in [1.82, 2.24) is 0 Å². The number of rotatable bonds is 2. The van der Waals surface area contributed by atoms with Crippen molar-refractivity contribution in [2.24, 2.45) is 5.73 Å². The van der Waals surface area contributed by atoms with Gasteiger partial charge in [-0.1, -0.05) is 12.1 Å². The van der Waals surface area contributed by atoms with Gasteiger partial charge in [-0.25, -0.2) is 4.39 Å². The number of nitriles is 1. The van der Waals surface area contributed by atoms with E-state index < -0.39 is 6.04 Å². The van der Waals surface area contributed by atoms with E-state index in [1.807, 2.05) is 13.0 Å². The topological polar surface area (TPSA) is 63.0 Å². The molecule has 0 saturated carbocycles. The Morgan fingerprint density at radius 1 is 1.24 bits per heavy atom. The van der Waals surface area contributed by atoms with Crippen LogP contribution in [-0.2, 0) is 0 Å². The quantitative estimate of drug-likeness (QED) is 0.776. The number of nitrogens with zero attached hydrogens (tertiary/aromatic N) is 1. The van der Waals surface area contributed by atoms with Crippen molar-refractivity contribution < 1.29 is 8.81 Å². The van der Waals surface area contributed by atoms with Gasteiger partial charge < -0.3 is 10.2 Å². The van der Waals surface area contributed by atoms with Crippen molar-refractivity contribution in [3.8, 4) is 6.07 Å². The lowest BCUT2D eigenvalue weighted by Crippen LogP contribution is -2.12. The first kappa shape index (κ1) is 13.3. The van der Waals surface area contributed by atoms with Crippen LogP contribution in [0.5, 0.6) is 0 Å². The molecule has 2 N–H and O–H groups in total. The fraction of sp³-hybridized carbons (Fsp3) is 0.118. The largest absolute Gasteiger partial charge is 0.459 e. The van der Waals surface area contributed by atoms with E-state index in [1.54, 1.807) is 24.3 Å². The highest BCUT2D eigenvalue weighted by Gasteiger charge is 2.19. The Labute approximate surface area is 121 Å². The van der Waals surface area contributed by atoms with Gasteiger partial charge in [0.25, 0.3) is 0 Å². The van der Waals surface area contributed by atoms with Gasteiger partial charge >= 0.3 is 0 Å². The van der Waals surface area contributed by atoms with E-state index in [0.29, 0.717) is 16.9 Å². The smallest absolute Gasteiger partial charge is 0.134 e. The molecule has 3 aromatic rings. The maximum absolute atomic E-state index is 13.3. The molecular weight excluding hydrogens is 267 g/mol. The van der Waals surface area contributed by atoms with Crippen LogP contribution < -0.4 is 5.73 Å². The maximum Gasteiger partial charge on any atom is 0.134 e. The highest BCUT2D eigenvalue weighted by Crippen LogP contribution is 2.32. The van der Waals surface area contributed by atoms with Crippen LogP contribution in [0.25, 0.3) is 11.0 Å². The van der Waals surface area contributed by atoms with E-state index in [9.17, 15) is 4.39 Å². The summed E-state index contributed by atoms with van der Waals surface area (Å²) >= 11 is 0. The molecule has 2 aromatic carbocycles. The lowest BCUT2D eigenvalue weighted by Gasteiger charge is -2.10. The molecule has 0 aliphatic carbocycles. The molecular formula is C17H13FN2O. The van der Waals surface area contributed by atoms with Crippen LogP contribution in [0.15, 0.2) is 46.9 Å². The van der Waals surface area contributed by atoms with Crippen LogP contribution in [0.1, 0.15) is 28.5 Å². The van der Waals surface area contributed by atoms with E-state index in [-0.39, 0.29) is 5.82 Å². The normalized spacial score (nSPS) is 12.3. The van der Waals surface area contributed by atoms with Gasteiger partial charge in [0, 0.05) is 10.9 Å². The molecule has 3 rings (SSSR count). The minimum Gasteiger partial charge on any atom is -0.459 e. The summed E-state index contributed by atoms with van der Waals surface area (Å²) in [5, 5.41) is 9.68. The first-order valence-corrected chi connectivity index (χ1v) is 6.54. The van der Waals surface area contributed by atoms with Crippen molar-refractivity contribution in [3.63, 3.8) is 0 Å². The van der Waals surface area contributed by atoms with Gasteiger partial charge in [-0.2, -0.15) is 5.26 Å². The van der Waals surface area contributed by atoms with Gasteiger partial charge in [0.05, 0.1) is 17.7 Å². The summed E-state index contributed by atoms with van der Waals surface area (Å²) in [4.78, 5) is 0. The van der Waals surface area contributed by atoms with Crippen LogP contribution in [0.3, 0.4) is 0 Å². The van der Waals surface area contributed by atoms with Crippen LogP contribution in [-0.4, -0.2) is 0 Å². The second-order valence-corrected chi connectivity index (χ2v) is 4.95. The average molecular weight is 280 g/mol. The molecule has 0 bridgehead atoms. The fourth-order valence-corrected chi connectivity index (χ4v) is 2.46. The van der Waals surface area contributed by atoms with Crippen LogP contribution >= 0.6 is 0 Å². The van der Waals surface area contributed by atoms with E-state index in [2.05, 4.69) is 6.07 Å². The van der Waals surface area contributed by atoms with Crippen molar-refractivity contribution in [3.05, 3.63) is 70.7 Å². The number of halogens is 1. The predicted octanol–water partition coefficient (Wildman–Crippen LogP) is 3.80. The molecule has 0 amide bonds. The molecule has 21 heavy (non-hydrogen) atoms. The van der Waals surface area contributed by atoms with Crippen molar-refractivity contribution >= 4 is 11.0 Å². The Morgan fingerprint density at radius 2 is 2.05 bits per heavy atom. The molecule has 0 aliphatic heterocycles. The number of aryl methyl sites for hydroxylation is 1. The Balaban J connectivity index is 2.11. The second kappa shape index (κ2) is 5.04. The third-order valence-corrected chi connectivity index (χ3v) is 3.59. The summed E-state index contributed by atoms with van der Waals surface area (Å²) in [5.41, 5.74) is 9.00. The number of benzene rings is 2. The molecule has 1 aromatic heterocycles. The Morgan fingerprint density at radius 3 is 2.81 bits per heavy atom. The molecule has 4 heteroatoms. The summed E-state index contributed by atoms with van der Waals surface area (Å²) in [6, 6.07) is 13.1. The summed E-state index contributed by atoms with van der Waals surface area (Å²) < 4.78 is 19.1. The van der Waals surface area contributed by atoms with Crippen LogP contribution in [0.4, 0.5) is 4.39 Å². The third kappa shape index (κ3) is 2.28. The lowest BCUT2D eigenvalue weighted by atomic mass is 10.00. The maximum atomic E-state index is 13.3. The Bertz CT molecular complexity index is 861. The molecule has 0 spiro atoms. The summed E-state index contributed by atoms with van der Waals surface area (Å²) in [5.74, 6) is 0.281. The number of hydrogen-bond donors (Lipinski definition) is 1. The second-order valence-electron chi connectivity index (χ2n) is 4.95. The first-order chi connectivity index (χ1) is 10.1.